The van der Waals surface area contributed by atoms with Crippen molar-refractivity contribution in [2.75, 3.05) is 0 Å². The van der Waals surface area contributed by atoms with Crippen molar-refractivity contribution in [1.29, 1.82) is 0 Å². The fraction of sp³-hybridized carbons (Fsp3) is 0.200. The van der Waals surface area contributed by atoms with Crippen LogP contribution in [0.2, 0.25) is 0 Å². The zero-order valence-corrected chi connectivity index (χ0v) is 20.5. The van der Waals surface area contributed by atoms with Crippen LogP contribution in [0.5, 0.6) is 0 Å². The van der Waals surface area contributed by atoms with Gasteiger partial charge in [0.1, 0.15) is 0 Å². The molecule has 0 unspecified atom stereocenters. The first-order valence-electron chi connectivity index (χ1n) is 10.6. The van der Waals surface area contributed by atoms with E-state index in [2.05, 4.69) is 108 Å². The highest BCUT2D eigenvalue weighted by Gasteiger charge is 2.09. The minimum atomic E-state index is 0.576. The Morgan fingerprint density at radius 2 is 1.39 bits per heavy atom. The van der Waals surface area contributed by atoms with Gasteiger partial charge in [0.25, 0.3) is 0 Å². The summed E-state index contributed by atoms with van der Waals surface area (Å²) >= 11 is 1.89. The van der Waals surface area contributed by atoms with Crippen molar-refractivity contribution in [2.45, 2.75) is 44.8 Å². The second kappa shape index (κ2) is 14.3. The Labute approximate surface area is 194 Å². The molecule has 0 aliphatic rings. The molecule has 0 aliphatic heterocycles. The third kappa shape index (κ3) is 9.27. The Morgan fingerprint density at radius 1 is 0.839 bits per heavy atom. The Balaban J connectivity index is 0.000000333. The molecule has 31 heavy (non-hydrogen) atoms. The highest BCUT2D eigenvalue weighted by molar-refractivity contribution is 8.00. The summed E-state index contributed by atoms with van der Waals surface area (Å²) in [4.78, 5) is 1.31. The number of hydrogen-bond acceptors (Lipinski definition) is 1. The summed E-state index contributed by atoms with van der Waals surface area (Å²) in [6.07, 6.45) is 3.62. The minimum absolute atomic E-state index is 0.576. The molecule has 0 bridgehead atoms. The average molecular weight is 429 g/mol. The van der Waals surface area contributed by atoms with Gasteiger partial charge in [0.2, 0.25) is 0 Å². The van der Waals surface area contributed by atoms with Crippen molar-refractivity contribution in [3.63, 3.8) is 0 Å². The van der Waals surface area contributed by atoms with Crippen molar-refractivity contribution in [3.8, 4) is 0 Å². The molecule has 0 amide bonds. The van der Waals surface area contributed by atoms with Crippen molar-refractivity contribution in [3.05, 3.63) is 126 Å². The molecule has 3 rings (SSSR count). The van der Waals surface area contributed by atoms with Crippen LogP contribution in [0.15, 0.2) is 104 Å². The lowest BCUT2D eigenvalue weighted by Gasteiger charge is -2.13. The van der Waals surface area contributed by atoms with Gasteiger partial charge in [-0.05, 0) is 54.7 Å². The topological polar surface area (TPSA) is 0 Å². The predicted octanol–water partition coefficient (Wildman–Crippen LogP) is 9.39. The molecule has 0 spiro atoms. The highest BCUT2D eigenvalue weighted by atomic mass is 32.2. The maximum Gasteiger partial charge on any atom is 0.0153 e. The molecule has 162 valence electrons. The SMILES string of the molecule is C=C(c1ccc(C)cc1)c1ccccc1SC(C)C.C=CC.C=Cc1ccccc1C. The molecule has 1 heteroatoms. The van der Waals surface area contributed by atoms with Gasteiger partial charge < -0.3 is 0 Å². The van der Waals surface area contributed by atoms with E-state index in [1.54, 1.807) is 6.08 Å². The normalized spacial score (nSPS) is 9.61. The van der Waals surface area contributed by atoms with Crippen LogP contribution >= 0.6 is 11.8 Å². The van der Waals surface area contributed by atoms with E-state index in [0.717, 1.165) is 5.57 Å². The van der Waals surface area contributed by atoms with Gasteiger partial charge in [0, 0.05) is 10.1 Å². The molecular formula is C30H36S. The number of hydrogen-bond donors (Lipinski definition) is 0. The summed E-state index contributed by atoms with van der Waals surface area (Å²) in [5, 5.41) is 0.576. The first kappa shape index (κ1) is 26.3. The number of aryl methyl sites for hydroxylation is 2. The Bertz CT molecular complexity index is 962. The lowest BCUT2D eigenvalue weighted by atomic mass is 9.99. The van der Waals surface area contributed by atoms with Gasteiger partial charge in [0.15, 0.2) is 0 Å². The molecule has 0 aliphatic carbocycles. The van der Waals surface area contributed by atoms with E-state index in [-0.39, 0.29) is 0 Å². The van der Waals surface area contributed by atoms with E-state index >= 15 is 0 Å². The number of benzene rings is 3. The molecular weight excluding hydrogens is 392 g/mol. The minimum Gasteiger partial charge on any atom is -0.123 e. The first-order valence-corrected chi connectivity index (χ1v) is 11.5. The van der Waals surface area contributed by atoms with E-state index < -0.39 is 0 Å². The first-order chi connectivity index (χ1) is 14.8. The van der Waals surface area contributed by atoms with Crippen molar-refractivity contribution < 1.29 is 0 Å². The summed E-state index contributed by atoms with van der Waals surface area (Å²) in [6.45, 7) is 21.8. The lowest BCUT2D eigenvalue weighted by Crippen LogP contribution is -1.93. The molecule has 0 N–H and O–H groups in total. The number of rotatable bonds is 5. The molecule has 0 saturated carbocycles. The molecule has 0 heterocycles. The summed E-state index contributed by atoms with van der Waals surface area (Å²) in [6, 6.07) is 25.3. The summed E-state index contributed by atoms with van der Waals surface area (Å²) < 4.78 is 0. The Hall–Kier alpha value is -2.77. The van der Waals surface area contributed by atoms with Crippen LogP contribution in [0.3, 0.4) is 0 Å². The Morgan fingerprint density at radius 3 is 1.90 bits per heavy atom. The van der Waals surface area contributed by atoms with E-state index in [1.165, 1.54) is 32.7 Å². The maximum absolute atomic E-state index is 4.28. The van der Waals surface area contributed by atoms with E-state index in [4.69, 9.17) is 0 Å². The molecule has 0 aromatic heterocycles. The van der Waals surface area contributed by atoms with Gasteiger partial charge >= 0.3 is 0 Å². The third-order valence-electron chi connectivity index (χ3n) is 4.38. The van der Waals surface area contributed by atoms with E-state index in [0.29, 0.717) is 5.25 Å². The quantitative estimate of drug-likeness (QED) is 0.288. The lowest BCUT2D eigenvalue weighted by molar-refractivity contribution is 1.11. The predicted molar refractivity (Wildman–Crippen MR) is 144 cm³/mol. The zero-order valence-electron chi connectivity index (χ0n) is 19.7. The second-order valence-electron chi connectivity index (χ2n) is 7.48. The molecule has 3 aromatic carbocycles. The number of allylic oxidation sites excluding steroid dienone is 1. The van der Waals surface area contributed by atoms with Crippen LogP contribution in [0.1, 0.15) is 48.6 Å². The maximum atomic E-state index is 4.28. The Kier molecular flexibility index (Phi) is 12.1. The van der Waals surface area contributed by atoms with Crippen LogP contribution in [-0.2, 0) is 0 Å². The van der Waals surface area contributed by atoms with E-state index in [9.17, 15) is 0 Å². The van der Waals surface area contributed by atoms with Crippen LogP contribution < -0.4 is 0 Å². The summed E-state index contributed by atoms with van der Waals surface area (Å²) in [7, 11) is 0. The van der Waals surface area contributed by atoms with Gasteiger partial charge in [-0.1, -0.05) is 111 Å². The highest BCUT2D eigenvalue weighted by Crippen LogP contribution is 2.33. The molecule has 0 nitrogen and oxygen atoms in total. The summed E-state index contributed by atoms with van der Waals surface area (Å²) in [5.74, 6) is 0. The molecule has 0 radical (unpaired) electrons. The van der Waals surface area contributed by atoms with Gasteiger partial charge in [0.05, 0.1) is 0 Å². The zero-order chi connectivity index (χ0) is 23.2. The van der Waals surface area contributed by atoms with Crippen molar-refractivity contribution in [1.82, 2.24) is 0 Å². The molecule has 0 saturated heterocycles. The largest absolute Gasteiger partial charge is 0.123 e. The average Bonchev–Trinajstić information content (AvgIpc) is 2.75. The van der Waals surface area contributed by atoms with Gasteiger partial charge in [-0.15, -0.1) is 18.3 Å². The van der Waals surface area contributed by atoms with Crippen molar-refractivity contribution >= 4 is 23.4 Å². The van der Waals surface area contributed by atoms with Crippen molar-refractivity contribution in [2.24, 2.45) is 0 Å². The van der Waals surface area contributed by atoms with Gasteiger partial charge in [-0.2, -0.15) is 0 Å². The fourth-order valence-corrected chi connectivity index (χ4v) is 3.78. The van der Waals surface area contributed by atoms with E-state index in [1.807, 2.05) is 36.9 Å². The van der Waals surface area contributed by atoms with Crippen LogP contribution in [0.4, 0.5) is 0 Å². The van der Waals surface area contributed by atoms with Crippen LogP contribution in [0.25, 0.3) is 11.6 Å². The van der Waals surface area contributed by atoms with Crippen LogP contribution in [-0.4, -0.2) is 5.25 Å². The smallest absolute Gasteiger partial charge is 0.0153 e. The summed E-state index contributed by atoms with van der Waals surface area (Å²) in [5.41, 5.74) is 7.32. The van der Waals surface area contributed by atoms with Gasteiger partial charge in [-0.25, -0.2) is 0 Å². The number of thioether (sulfide) groups is 1. The standard InChI is InChI=1S/C18H20S.C9H10.C3H6/c1-13(2)19-18-8-6-5-7-17(18)15(4)16-11-9-14(3)10-12-16;1-3-9-7-5-4-6-8(9)2;1-3-2/h5-13H,4H2,1-3H3;3-7H,1H2,2H3;3H,1H2,2H3. The monoisotopic (exact) mass is 428 g/mol. The molecule has 3 aromatic rings. The van der Waals surface area contributed by atoms with Gasteiger partial charge in [-0.3, -0.25) is 0 Å². The molecule has 0 atom stereocenters. The van der Waals surface area contributed by atoms with Crippen LogP contribution in [0, 0.1) is 13.8 Å². The second-order valence-corrected chi connectivity index (χ2v) is 9.09. The third-order valence-corrected chi connectivity index (χ3v) is 5.46. The molecule has 0 fully saturated rings. The fourth-order valence-electron chi connectivity index (χ4n) is 2.80.